The molecule has 0 aliphatic carbocycles. The normalized spacial score (nSPS) is 11.2. The van der Waals surface area contributed by atoms with Gasteiger partial charge in [-0.05, 0) is 69.5 Å². The van der Waals surface area contributed by atoms with Crippen LogP contribution in [0.15, 0.2) is 82.0 Å². The minimum absolute atomic E-state index is 0.000590. The molecule has 0 radical (unpaired) electrons. The van der Waals surface area contributed by atoms with Crippen LogP contribution in [0.25, 0.3) is 6.08 Å². The zero-order valence-corrected chi connectivity index (χ0v) is 20.0. The number of rotatable bonds is 8. The fourth-order valence-electron chi connectivity index (χ4n) is 2.86. The fraction of sp³-hybridized carbons (Fsp3) is 0.0800. The van der Waals surface area contributed by atoms with E-state index < -0.39 is 11.8 Å². The molecule has 0 aliphatic heterocycles. The number of ether oxygens (including phenoxy) is 2. The van der Waals surface area contributed by atoms with Crippen LogP contribution in [0.3, 0.4) is 0 Å². The average molecular weight is 524 g/mol. The lowest BCUT2D eigenvalue weighted by Crippen LogP contribution is -2.32. The molecule has 0 bridgehead atoms. The van der Waals surface area contributed by atoms with Gasteiger partial charge in [0, 0.05) is 5.56 Å². The number of nitrogens with zero attached hydrogens (tertiary/aromatic N) is 1. The lowest BCUT2D eigenvalue weighted by Gasteiger charge is -2.10. The molecule has 3 rings (SSSR count). The van der Waals surface area contributed by atoms with Gasteiger partial charge in [0.15, 0.2) is 11.5 Å². The van der Waals surface area contributed by atoms with Gasteiger partial charge in [-0.1, -0.05) is 30.3 Å². The summed E-state index contributed by atoms with van der Waals surface area (Å²) in [6.07, 6.45) is 2.92. The molecule has 0 fully saturated rings. The van der Waals surface area contributed by atoms with Gasteiger partial charge in [0.05, 0.1) is 24.9 Å². The van der Waals surface area contributed by atoms with Gasteiger partial charge in [-0.2, -0.15) is 5.10 Å². The highest BCUT2D eigenvalue weighted by atomic mass is 79.9. The molecular formula is C25H22BrN3O5. The molecule has 3 aromatic carbocycles. The molecule has 0 spiro atoms. The molecule has 2 amide bonds. The first-order valence-corrected chi connectivity index (χ1v) is 10.8. The van der Waals surface area contributed by atoms with Gasteiger partial charge >= 0.3 is 0 Å². The van der Waals surface area contributed by atoms with Crippen LogP contribution in [0.1, 0.15) is 21.5 Å². The Bertz CT molecular complexity index is 1230. The zero-order valence-electron chi connectivity index (χ0n) is 18.4. The van der Waals surface area contributed by atoms with E-state index in [0.29, 0.717) is 26.9 Å². The number of hydrogen-bond donors (Lipinski definition) is 3. The maximum absolute atomic E-state index is 12.9. The summed E-state index contributed by atoms with van der Waals surface area (Å²) in [4.78, 5) is 25.5. The Kier molecular flexibility index (Phi) is 8.42. The maximum atomic E-state index is 12.9. The molecule has 34 heavy (non-hydrogen) atoms. The van der Waals surface area contributed by atoms with Crippen LogP contribution in [0.2, 0.25) is 0 Å². The van der Waals surface area contributed by atoms with Crippen LogP contribution in [-0.4, -0.2) is 37.4 Å². The molecule has 0 saturated heterocycles. The lowest BCUT2D eigenvalue weighted by atomic mass is 10.1. The van der Waals surface area contributed by atoms with Crippen LogP contribution in [-0.2, 0) is 4.79 Å². The number of carbonyl (C=O) groups excluding carboxylic acids is 2. The first-order chi connectivity index (χ1) is 16.4. The second kappa shape index (κ2) is 11.7. The molecule has 0 aliphatic rings. The van der Waals surface area contributed by atoms with Crippen molar-refractivity contribution in [3.8, 4) is 17.2 Å². The third kappa shape index (κ3) is 6.46. The van der Waals surface area contributed by atoms with Crippen molar-refractivity contribution in [2.24, 2.45) is 5.10 Å². The molecule has 9 heteroatoms. The Labute approximate surface area is 205 Å². The van der Waals surface area contributed by atoms with Crippen LogP contribution < -0.4 is 20.2 Å². The predicted octanol–water partition coefficient (Wildman–Crippen LogP) is 4.09. The number of nitrogens with one attached hydrogen (secondary N) is 2. The Hall–Kier alpha value is -4.11. The summed E-state index contributed by atoms with van der Waals surface area (Å²) in [5.74, 6) is -0.196. The van der Waals surface area contributed by atoms with Crippen molar-refractivity contribution in [2.45, 2.75) is 0 Å². The molecule has 174 valence electrons. The van der Waals surface area contributed by atoms with E-state index in [9.17, 15) is 14.7 Å². The molecule has 0 heterocycles. The number of carbonyl (C=O) groups is 2. The van der Waals surface area contributed by atoms with Gasteiger partial charge in [0.2, 0.25) is 0 Å². The quantitative estimate of drug-likeness (QED) is 0.234. The van der Waals surface area contributed by atoms with Crippen molar-refractivity contribution in [1.82, 2.24) is 10.7 Å². The molecule has 0 aromatic heterocycles. The Morgan fingerprint density at radius 1 is 0.971 bits per heavy atom. The van der Waals surface area contributed by atoms with Gasteiger partial charge in [0.25, 0.3) is 11.8 Å². The minimum atomic E-state index is -0.624. The molecular weight excluding hydrogens is 502 g/mol. The number of hydrazone groups is 1. The molecule has 8 nitrogen and oxygen atoms in total. The topological polar surface area (TPSA) is 109 Å². The molecule has 0 atom stereocenters. The predicted molar refractivity (Wildman–Crippen MR) is 133 cm³/mol. The largest absolute Gasteiger partial charge is 0.503 e. The van der Waals surface area contributed by atoms with E-state index in [1.807, 2.05) is 0 Å². The molecule has 3 aromatic rings. The van der Waals surface area contributed by atoms with Crippen LogP contribution in [0.4, 0.5) is 0 Å². The standard InChI is InChI=1S/C25H22BrN3O5/c1-33-19-10-8-16(9-11-19)13-21(28-24(31)18-6-4-3-5-7-18)25(32)29-27-15-17-12-20(26)23(30)22(14-17)34-2/h3-15,30H,1-2H3,(H,28,31)(H,29,32). The number of amides is 2. The fourth-order valence-corrected chi connectivity index (χ4v) is 3.32. The summed E-state index contributed by atoms with van der Waals surface area (Å²) >= 11 is 3.23. The summed E-state index contributed by atoms with van der Waals surface area (Å²) < 4.78 is 10.7. The molecule has 0 saturated carbocycles. The van der Waals surface area contributed by atoms with Gasteiger partial charge in [-0.25, -0.2) is 5.43 Å². The van der Waals surface area contributed by atoms with Crippen LogP contribution in [0, 0.1) is 0 Å². The summed E-state index contributed by atoms with van der Waals surface area (Å²) in [6, 6.07) is 18.7. The summed E-state index contributed by atoms with van der Waals surface area (Å²) in [6.45, 7) is 0. The zero-order chi connectivity index (χ0) is 24.5. The highest BCUT2D eigenvalue weighted by molar-refractivity contribution is 9.10. The highest BCUT2D eigenvalue weighted by Crippen LogP contribution is 2.34. The van der Waals surface area contributed by atoms with Crippen molar-refractivity contribution < 1.29 is 24.2 Å². The molecule has 0 unspecified atom stereocenters. The second-order valence-corrected chi connectivity index (χ2v) is 7.76. The van der Waals surface area contributed by atoms with E-state index in [1.165, 1.54) is 19.4 Å². The summed E-state index contributed by atoms with van der Waals surface area (Å²) in [5, 5.41) is 16.5. The third-order valence-electron chi connectivity index (χ3n) is 4.61. The number of halogens is 1. The van der Waals surface area contributed by atoms with E-state index in [-0.39, 0.29) is 17.2 Å². The number of phenols is 1. The SMILES string of the molecule is COc1ccc(C=C(NC(=O)c2ccccc2)C(=O)NN=Cc2cc(Br)c(O)c(OC)c2)cc1. The summed E-state index contributed by atoms with van der Waals surface area (Å²) in [7, 11) is 2.99. The van der Waals surface area contributed by atoms with Crippen molar-refractivity contribution >= 4 is 40.0 Å². The van der Waals surface area contributed by atoms with E-state index in [2.05, 4.69) is 31.8 Å². The van der Waals surface area contributed by atoms with Crippen LogP contribution >= 0.6 is 15.9 Å². The van der Waals surface area contributed by atoms with E-state index >= 15 is 0 Å². The summed E-state index contributed by atoms with van der Waals surface area (Å²) in [5.41, 5.74) is 4.05. The number of hydrogen-bond acceptors (Lipinski definition) is 6. The number of phenolic OH excluding ortho intramolecular Hbond substituents is 1. The van der Waals surface area contributed by atoms with Crippen molar-refractivity contribution in [2.75, 3.05) is 14.2 Å². The Balaban J connectivity index is 1.82. The maximum Gasteiger partial charge on any atom is 0.287 e. The minimum Gasteiger partial charge on any atom is -0.503 e. The third-order valence-corrected chi connectivity index (χ3v) is 5.21. The molecule has 3 N–H and O–H groups in total. The van der Waals surface area contributed by atoms with E-state index in [0.717, 1.165) is 0 Å². The number of benzene rings is 3. The van der Waals surface area contributed by atoms with Crippen LogP contribution in [0.5, 0.6) is 17.2 Å². The Morgan fingerprint density at radius 3 is 2.32 bits per heavy atom. The second-order valence-electron chi connectivity index (χ2n) is 6.90. The van der Waals surface area contributed by atoms with Crippen molar-refractivity contribution in [3.63, 3.8) is 0 Å². The van der Waals surface area contributed by atoms with E-state index in [4.69, 9.17) is 9.47 Å². The Morgan fingerprint density at radius 2 is 1.68 bits per heavy atom. The van der Waals surface area contributed by atoms with Gasteiger partial charge in [-0.15, -0.1) is 0 Å². The highest BCUT2D eigenvalue weighted by Gasteiger charge is 2.14. The van der Waals surface area contributed by atoms with E-state index in [1.54, 1.807) is 73.8 Å². The average Bonchev–Trinajstić information content (AvgIpc) is 2.86. The first-order valence-electron chi connectivity index (χ1n) is 10.0. The van der Waals surface area contributed by atoms with Crippen molar-refractivity contribution in [1.29, 1.82) is 0 Å². The van der Waals surface area contributed by atoms with Crippen molar-refractivity contribution in [3.05, 3.63) is 93.6 Å². The smallest absolute Gasteiger partial charge is 0.287 e. The lowest BCUT2D eigenvalue weighted by molar-refractivity contribution is -0.117. The van der Waals surface area contributed by atoms with Gasteiger partial charge in [0.1, 0.15) is 11.4 Å². The number of aromatic hydroxyl groups is 1. The first kappa shape index (κ1) is 24.5. The number of methoxy groups -OCH3 is 2. The van der Waals surface area contributed by atoms with Gasteiger partial charge < -0.3 is 19.9 Å². The monoisotopic (exact) mass is 523 g/mol. The van der Waals surface area contributed by atoms with Gasteiger partial charge in [-0.3, -0.25) is 9.59 Å².